The average molecular weight is 247 g/mol. The molecule has 4 nitrogen and oxygen atoms in total. The quantitative estimate of drug-likeness (QED) is 0.862. The third-order valence-corrected chi connectivity index (χ3v) is 3.66. The number of nitrogens with one attached hydrogen (secondary N) is 1. The van der Waals surface area contributed by atoms with Gasteiger partial charge in [-0.05, 0) is 11.4 Å². The fourth-order valence-corrected chi connectivity index (χ4v) is 2.98. The van der Waals surface area contributed by atoms with Crippen molar-refractivity contribution in [1.29, 1.82) is 0 Å². The lowest BCUT2D eigenvalue weighted by Crippen LogP contribution is -2.30. The first-order valence-electron chi connectivity index (χ1n) is 4.37. The van der Waals surface area contributed by atoms with Crippen molar-refractivity contribution >= 4 is 27.1 Å². The van der Waals surface area contributed by atoms with Crippen molar-refractivity contribution in [3.63, 3.8) is 0 Å². The van der Waals surface area contributed by atoms with Crippen LogP contribution in [0.5, 0.6) is 0 Å². The zero-order chi connectivity index (χ0) is 11.5. The lowest BCUT2D eigenvalue weighted by Gasteiger charge is -2.14. The van der Waals surface area contributed by atoms with Crippen LogP contribution < -0.4 is 5.32 Å². The van der Waals surface area contributed by atoms with E-state index in [-0.39, 0.29) is 11.7 Å². The average Bonchev–Trinajstić information content (AvgIpc) is 2.50. The van der Waals surface area contributed by atoms with E-state index in [2.05, 4.69) is 5.32 Å². The summed E-state index contributed by atoms with van der Waals surface area (Å²) >= 11 is 1.43. The molecule has 0 aliphatic heterocycles. The van der Waals surface area contributed by atoms with Crippen molar-refractivity contribution in [2.75, 3.05) is 12.0 Å². The van der Waals surface area contributed by atoms with E-state index in [0.717, 1.165) is 11.1 Å². The van der Waals surface area contributed by atoms with Gasteiger partial charge >= 0.3 is 0 Å². The van der Waals surface area contributed by atoms with Crippen LogP contribution in [0.25, 0.3) is 0 Å². The first-order valence-corrected chi connectivity index (χ1v) is 7.31. The van der Waals surface area contributed by atoms with E-state index in [4.69, 9.17) is 0 Å². The number of thiophene rings is 1. The van der Waals surface area contributed by atoms with Crippen LogP contribution in [0.15, 0.2) is 17.5 Å². The van der Waals surface area contributed by atoms with Gasteiger partial charge < -0.3 is 5.32 Å². The van der Waals surface area contributed by atoms with Gasteiger partial charge in [0.1, 0.15) is 9.84 Å². The Morgan fingerprint density at radius 1 is 1.60 bits per heavy atom. The predicted octanol–water partition coefficient (Wildman–Crippen LogP) is 0.970. The summed E-state index contributed by atoms with van der Waals surface area (Å²) < 4.78 is 22.3. The molecule has 0 bridgehead atoms. The molecule has 6 heteroatoms. The van der Waals surface area contributed by atoms with E-state index in [1.54, 1.807) is 0 Å². The predicted molar refractivity (Wildman–Crippen MR) is 60.6 cm³/mol. The molecular formula is C9H13NO3S2. The zero-order valence-electron chi connectivity index (χ0n) is 8.56. The number of rotatable bonds is 4. The van der Waals surface area contributed by atoms with Crippen LogP contribution >= 0.6 is 11.3 Å². The van der Waals surface area contributed by atoms with E-state index in [1.165, 1.54) is 18.3 Å². The normalized spacial score (nSPS) is 13.5. The number of hydrogen-bond acceptors (Lipinski definition) is 4. The summed E-state index contributed by atoms with van der Waals surface area (Å²) in [5.74, 6) is -0.287. The maximum Gasteiger partial charge on any atom is 0.217 e. The number of sulfone groups is 1. The van der Waals surface area contributed by atoms with Gasteiger partial charge in [0.15, 0.2) is 0 Å². The van der Waals surface area contributed by atoms with Gasteiger partial charge in [-0.15, -0.1) is 11.3 Å². The Kier molecular flexibility index (Phi) is 3.87. The Hall–Kier alpha value is -0.880. The van der Waals surface area contributed by atoms with Gasteiger partial charge in [-0.25, -0.2) is 8.42 Å². The van der Waals surface area contributed by atoms with Gasteiger partial charge in [0.2, 0.25) is 5.91 Å². The molecule has 15 heavy (non-hydrogen) atoms. The standard InChI is InChI=1S/C9H13NO3S2/c1-7(11)10-8(6-15(2,12)13)9-4-3-5-14-9/h3-5,8H,6H2,1-2H3,(H,10,11)/t8-/m1/s1. The first kappa shape index (κ1) is 12.2. The zero-order valence-corrected chi connectivity index (χ0v) is 10.2. The van der Waals surface area contributed by atoms with E-state index < -0.39 is 15.9 Å². The van der Waals surface area contributed by atoms with Gasteiger partial charge in [-0.1, -0.05) is 6.07 Å². The molecule has 0 saturated heterocycles. The summed E-state index contributed by atoms with van der Waals surface area (Å²) in [5.41, 5.74) is 0. The highest BCUT2D eigenvalue weighted by Crippen LogP contribution is 2.20. The largest absolute Gasteiger partial charge is 0.348 e. The van der Waals surface area contributed by atoms with Gasteiger partial charge in [-0.3, -0.25) is 4.79 Å². The van der Waals surface area contributed by atoms with Crippen molar-refractivity contribution in [3.05, 3.63) is 22.4 Å². The Bertz CT molecular complexity index is 422. The molecule has 84 valence electrons. The smallest absolute Gasteiger partial charge is 0.217 e. The summed E-state index contributed by atoms with van der Waals surface area (Å²) in [4.78, 5) is 11.8. The number of carbonyl (C=O) groups is 1. The molecule has 1 aromatic rings. The molecule has 1 amide bonds. The summed E-state index contributed by atoms with van der Waals surface area (Å²) in [6, 6.07) is 3.21. The summed E-state index contributed by atoms with van der Waals surface area (Å²) in [6.07, 6.45) is 1.16. The maximum absolute atomic E-state index is 11.2. The van der Waals surface area contributed by atoms with Crippen molar-refractivity contribution in [3.8, 4) is 0 Å². The van der Waals surface area contributed by atoms with Crippen LogP contribution in [-0.4, -0.2) is 26.3 Å². The molecule has 0 aromatic carbocycles. The lowest BCUT2D eigenvalue weighted by molar-refractivity contribution is -0.119. The topological polar surface area (TPSA) is 63.2 Å². The van der Waals surface area contributed by atoms with Crippen molar-refractivity contribution in [1.82, 2.24) is 5.32 Å². The number of amides is 1. The molecule has 0 aliphatic rings. The monoisotopic (exact) mass is 247 g/mol. The third-order valence-electron chi connectivity index (χ3n) is 1.73. The van der Waals surface area contributed by atoms with Crippen LogP contribution in [0.1, 0.15) is 17.8 Å². The molecule has 0 unspecified atom stereocenters. The van der Waals surface area contributed by atoms with Crippen LogP contribution in [0.2, 0.25) is 0 Å². The molecule has 0 aliphatic carbocycles. The Morgan fingerprint density at radius 3 is 2.67 bits per heavy atom. The molecule has 1 atom stereocenters. The summed E-state index contributed by atoms with van der Waals surface area (Å²) in [5, 5.41) is 4.48. The van der Waals surface area contributed by atoms with Crippen LogP contribution in [-0.2, 0) is 14.6 Å². The van der Waals surface area contributed by atoms with Gasteiger partial charge in [0.05, 0.1) is 11.8 Å². The molecule has 0 spiro atoms. The molecule has 1 aromatic heterocycles. The number of carbonyl (C=O) groups excluding carboxylic acids is 1. The molecule has 1 rings (SSSR count). The van der Waals surface area contributed by atoms with Crippen LogP contribution in [0.4, 0.5) is 0 Å². The van der Waals surface area contributed by atoms with E-state index in [0.29, 0.717) is 0 Å². The molecule has 1 N–H and O–H groups in total. The highest BCUT2D eigenvalue weighted by Gasteiger charge is 2.18. The Morgan fingerprint density at radius 2 is 2.27 bits per heavy atom. The lowest BCUT2D eigenvalue weighted by atomic mass is 10.3. The highest BCUT2D eigenvalue weighted by atomic mass is 32.2. The molecular weight excluding hydrogens is 234 g/mol. The minimum Gasteiger partial charge on any atom is -0.348 e. The summed E-state index contributed by atoms with van der Waals surface area (Å²) in [7, 11) is -3.10. The Labute approximate surface area is 93.2 Å². The third kappa shape index (κ3) is 4.44. The molecule has 0 radical (unpaired) electrons. The second-order valence-electron chi connectivity index (χ2n) is 3.36. The highest BCUT2D eigenvalue weighted by molar-refractivity contribution is 7.90. The maximum atomic E-state index is 11.2. The Balaban J connectivity index is 2.84. The first-order chi connectivity index (χ1) is 6.88. The molecule has 0 saturated carbocycles. The van der Waals surface area contributed by atoms with Crippen LogP contribution in [0.3, 0.4) is 0 Å². The van der Waals surface area contributed by atoms with Crippen molar-refractivity contribution in [2.24, 2.45) is 0 Å². The van der Waals surface area contributed by atoms with Crippen LogP contribution in [0, 0.1) is 0 Å². The summed E-state index contributed by atoms with van der Waals surface area (Å²) in [6.45, 7) is 1.38. The number of hydrogen-bond donors (Lipinski definition) is 1. The van der Waals surface area contributed by atoms with Crippen molar-refractivity contribution < 1.29 is 13.2 Å². The minimum atomic E-state index is -3.10. The minimum absolute atomic E-state index is 0.0624. The van der Waals surface area contributed by atoms with E-state index >= 15 is 0 Å². The molecule has 1 heterocycles. The van der Waals surface area contributed by atoms with Gasteiger partial charge in [0.25, 0.3) is 0 Å². The van der Waals surface area contributed by atoms with Crippen molar-refractivity contribution in [2.45, 2.75) is 13.0 Å². The second-order valence-corrected chi connectivity index (χ2v) is 6.53. The second kappa shape index (κ2) is 4.76. The van der Waals surface area contributed by atoms with E-state index in [9.17, 15) is 13.2 Å². The van der Waals surface area contributed by atoms with Gasteiger partial charge in [-0.2, -0.15) is 0 Å². The fraction of sp³-hybridized carbons (Fsp3) is 0.444. The molecule has 0 fully saturated rings. The van der Waals surface area contributed by atoms with Gasteiger partial charge in [0, 0.05) is 18.1 Å². The SMILES string of the molecule is CC(=O)N[C@H](CS(C)(=O)=O)c1cccs1. The van der Waals surface area contributed by atoms with E-state index in [1.807, 2.05) is 17.5 Å². The fourth-order valence-electron chi connectivity index (χ4n) is 1.23.